The summed E-state index contributed by atoms with van der Waals surface area (Å²) in [5.74, 6) is -0.0427. The standard InChI is InChI=1S/C30H38N2O3.C30H36N2O3/c2*1-30(2,3)29(35)31-24(20-33)14-15-27(34)32-18-16-23(17-19-32)28-25-10-6-4-8-21(25)12-13-22-9-5-7-11-26(22)28/h4-11,24,33H,12-20H2,1-3H3,(H,31,35);4-13,24,33H,14-20H2,1-3H3,(H,31,35). The Morgan fingerprint density at radius 3 is 1.17 bits per heavy atom. The quantitative estimate of drug-likeness (QED) is 0.110. The third kappa shape index (κ3) is 12.8. The van der Waals surface area contributed by atoms with Crippen LogP contribution in [0.3, 0.4) is 0 Å². The Hall–Kier alpha value is -6.10. The Labute approximate surface area is 416 Å². The molecule has 10 nitrogen and oxygen atoms in total. The summed E-state index contributed by atoms with van der Waals surface area (Å²) in [5.41, 5.74) is 14.9. The summed E-state index contributed by atoms with van der Waals surface area (Å²) >= 11 is 0. The van der Waals surface area contributed by atoms with Crippen molar-refractivity contribution < 1.29 is 29.4 Å². The topological polar surface area (TPSA) is 139 Å². The van der Waals surface area contributed by atoms with Crippen molar-refractivity contribution in [2.45, 2.75) is 118 Å². The van der Waals surface area contributed by atoms with E-state index < -0.39 is 22.9 Å². The first-order valence-electron chi connectivity index (χ1n) is 25.4. The van der Waals surface area contributed by atoms with Crippen molar-refractivity contribution in [3.8, 4) is 0 Å². The van der Waals surface area contributed by atoms with E-state index in [2.05, 4.69) is 120 Å². The van der Waals surface area contributed by atoms with E-state index >= 15 is 0 Å². The number of benzene rings is 4. The molecule has 0 saturated carbocycles. The maximum absolute atomic E-state index is 13.0. The van der Waals surface area contributed by atoms with Crippen LogP contribution >= 0.6 is 0 Å². The van der Waals surface area contributed by atoms with Crippen LogP contribution < -0.4 is 10.6 Å². The molecule has 2 aliphatic heterocycles. The summed E-state index contributed by atoms with van der Waals surface area (Å²) in [7, 11) is 0. The van der Waals surface area contributed by atoms with Gasteiger partial charge in [-0.05, 0) is 107 Å². The van der Waals surface area contributed by atoms with E-state index in [4.69, 9.17) is 0 Å². The zero-order valence-electron chi connectivity index (χ0n) is 42.3. The summed E-state index contributed by atoms with van der Waals surface area (Å²) in [4.78, 5) is 54.2. The Bertz CT molecular complexity index is 2430. The first kappa shape index (κ1) is 51.7. The fourth-order valence-corrected chi connectivity index (χ4v) is 9.89. The molecule has 4 amide bonds. The van der Waals surface area contributed by atoms with Crippen molar-refractivity contribution in [1.29, 1.82) is 0 Å². The van der Waals surface area contributed by atoms with Gasteiger partial charge in [-0.1, -0.05) is 162 Å². The van der Waals surface area contributed by atoms with Crippen LogP contribution in [0.2, 0.25) is 0 Å². The van der Waals surface area contributed by atoms with E-state index in [0.29, 0.717) is 51.9 Å². The monoisotopic (exact) mass is 947 g/mol. The Balaban J connectivity index is 0.000000206. The molecule has 0 spiro atoms. The number of hydrogen-bond donors (Lipinski definition) is 4. The average molecular weight is 947 g/mol. The van der Waals surface area contributed by atoms with Gasteiger partial charge in [0.15, 0.2) is 0 Å². The van der Waals surface area contributed by atoms with Crippen molar-refractivity contribution in [2.24, 2.45) is 10.8 Å². The maximum Gasteiger partial charge on any atom is 0.225 e. The minimum Gasteiger partial charge on any atom is -0.394 e. The SMILES string of the molecule is CC(C)(C)C(=O)NC(CO)CCC(=O)N1CCC(=C2c3ccccc3C=Cc3ccccc32)CC1.CC(C)(C)C(=O)NC(CO)CCC(=O)N1CCC(=C2c3ccccc3CCc3ccccc32)CC1. The van der Waals surface area contributed by atoms with Crippen molar-refractivity contribution >= 4 is 46.9 Å². The van der Waals surface area contributed by atoms with Gasteiger partial charge < -0.3 is 30.6 Å². The molecule has 70 heavy (non-hydrogen) atoms. The van der Waals surface area contributed by atoms with E-state index in [1.807, 2.05) is 51.3 Å². The summed E-state index contributed by atoms with van der Waals surface area (Å²) in [5, 5.41) is 25.1. The zero-order chi connectivity index (χ0) is 50.0. The van der Waals surface area contributed by atoms with Gasteiger partial charge in [0.2, 0.25) is 23.6 Å². The predicted octanol–water partition coefficient (Wildman–Crippen LogP) is 9.41. The number of nitrogens with zero attached hydrogens (tertiary/aromatic N) is 2. The largest absolute Gasteiger partial charge is 0.394 e. The molecule has 0 radical (unpaired) electrons. The second kappa shape index (κ2) is 23.2. The van der Waals surface area contributed by atoms with Crippen LogP contribution in [0.25, 0.3) is 23.3 Å². The molecule has 2 unspecified atom stereocenters. The number of likely N-dealkylation sites (tertiary alicyclic amines) is 2. The highest BCUT2D eigenvalue weighted by Crippen LogP contribution is 2.40. The van der Waals surface area contributed by atoms with Crippen molar-refractivity contribution in [2.75, 3.05) is 39.4 Å². The molecule has 0 aromatic heterocycles. The molecule has 0 bridgehead atoms. The van der Waals surface area contributed by atoms with Crippen molar-refractivity contribution in [3.63, 3.8) is 0 Å². The number of piperidine rings is 2. The van der Waals surface area contributed by atoms with Gasteiger partial charge in [0, 0.05) is 49.9 Å². The van der Waals surface area contributed by atoms with Gasteiger partial charge in [-0.25, -0.2) is 0 Å². The number of nitrogens with one attached hydrogen (secondary N) is 2. The van der Waals surface area contributed by atoms with E-state index in [1.54, 1.807) is 0 Å². The van der Waals surface area contributed by atoms with E-state index in [-0.39, 0.29) is 36.8 Å². The smallest absolute Gasteiger partial charge is 0.225 e. The zero-order valence-corrected chi connectivity index (χ0v) is 42.3. The molecule has 4 aliphatic rings. The van der Waals surface area contributed by atoms with E-state index in [1.165, 1.54) is 66.8 Å². The lowest BCUT2D eigenvalue weighted by molar-refractivity contribution is -0.133. The molecule has 10 heteroatoms. The second-order valence-electron chi connectivity index (χ2n) is 21.3. The Kier molecular flexibility index (Phi) is 17.2. The van der Waals surface area contributed by atoms with Crippen LogP contribution in [0.1, 0.15) is 137 Å². The summed E-state index contributed by atoms with van der Waals surface area (Å²) in [6.07, 6.45) is 11.4. The number of carbonyl (C=O) groups is 4. The number of fused-ring (bicyclic) bond motifs is 4. The Morgan fingerprint density at radius 1 is 0.486 bits per heavy atom. The van der Waals surface area contributed by atoms with Crippen LogP contribution in [0.5, 0.6) is 0 Å². The fraction of sp³-hybridized carbons (Fsp3) is 0.433. The molecule has 4 N–H and O–H groups in total. The van der Waals surface area contributed by atoms with Crippen LogP contribution in [0.4, 0.5) is 0 Å². The minimum absolute atomic E-state index is 0.0841. The molecule has 8 rings (SSSR count). The summed E-state index contributed by atoms with van der Waals surface area (Å²) < 4.78 is 0. The highest BCUT2D eigenvalue weighted by Gasteiger charge is 2.30. The normalized spacial score (nSPS) is 16.5. The molecule has 4 aromatic rings. The van der Waals surface area contributed by atoms with Gasteiger partial charge in [0.25, 0.3) is 0 Å². The van der Waals surface area contributed by atoms with Gasteiger partial charge >= 0.3 is 0 Å². The molecule has 2 heterocycles. The first-order chi connectivity index (χ1) is 33.5. The second-order valence-corrected chi connectivity index (χ2v) is 21.3. The van der Waals surface area contributed by atoms with Crippen molar-refractivity contribution in [3.05, 3.63) is 153 Å². The van der Waals surface area contributed by atoms with Gasteiger partial charge in [-0.2, -0.15) is 0 Å². The van der Waals surface area contributed by atoms with Crippen LogP contribution in [-0.4, -0.2) is 95.1 Å². The first-order valence-corrected chi connectivity index (χ1v) is 25.4. The molecule has 2 atom stereocenters. The lowest BCUT2D eigenvalue weighted by Crippen LogP contribution is -2.44. The lowest BCUT2D eigenvalue weighted by atomic mass is 9.86. The number of aliphatic hydroxyl groups excluding tert-OH is 2. The van der Waals surface area contributed by atoms with Gasteiger partial charge in [-0.15, -0.1) is 0 Å². The van der Waals surface area contributed by atoms with Crippen molar-refractivity contribution in [1.82, 2.24) is 20.4 Å². The third-order valence-electron chi connectivity index (χ3n) is 14.2. The highest BCUT2D eigenvalue weighted by atomic mass is 16.3. The highest BCUT2D eigenvalue weighted by molar-refractivity contribution is 5.95. The predicted molar refractivity (Wildman–Crippen MR) is 281 cm³/mol. The third-order valence-corrected chi connectivity index (χ3v) is 14.2. The molecule has 370 valence electrons. The minimum atomic E-state index is -0.529. The Morgan fingerprint density at radius 2 is 0.814 bits per heavy atom. The van der Waals surface area contributed by atoms with Gasteiger partial charge in [-0.3, -0.25) is 19.2 Å². The number of amides is 4. The fourth-order valence-electron chi connectivity index (χ4n) is 9.89. The van der Waals surface area contributed by atoms with Crippen LogP contribution in [-0.2, 0) is 32.0 Å². The molecule has 4 aromatic carbocycles. The number of hydrogen-bond acceptors (Lipinski definition) is 6. The molecule has 2 saturated heterocycles. The average Bonchev–Trinajstić information content (AvgIpc) is 3.64. The summed E-state index contributed by atoms with van der Waals surface area (Å²) in [6, 6.07) is 33.7. The lowest BCUT2D eigenvalue weighted by Gasteiger charge is -2.31. The van der Waals surface area contributed by atoms with Gasteiger partial charge in [0.05, 0.1) is 25.3 Å². The molecule has 2 aliphatic carbocycles. The summed E-state index contributed by atoms with van der Waals surface area (Å²) in [6.45, 7) is 13.5. The molecule has 2 fully saturated rings. The van der Waals surface area contributed by atoms with E-state index in [0.717, 1.165) is 38.5 Å². The number of rotatable bonds is 10. The van der Waals surface area contributed by atoms with Crippen LogP contribution in [0.15, 0.2) is 108 Å². The van der Waals surface area contributed by atoms with Crippen LogP contribution in [0, 0.1) is 10.8 Å². The van der Waals surface area contributed by atoms with Gasteiger partial charge in [0.1, 0.15) is 0 Å². The molecular formula is C60H74N4O6. The maximum atomic E-state index is 13.0. The molecular weight excluding hydrogens is 873 g/mol. The number of carbonyl (C=O) groups excluding carboxylic acids is 4. The number of aliphatic hydroxyl groups is 2. The number of aryl methyl sites for hydroxylation is 2. The van der Waals surface area contributed by atoms with E-state index in [9.17, 15) is 29.4 Å².